The molecule has 0 aliphatic carbocycles. The number of hydrogen-bond acceptors (Lipinski definition) is 6. The van der Waals surface area contributed by atoms with Gasteiger partial charge in [-0.2, -0.15) is 0 Å². The molecule has 216 valence electrons. The van der Waals surface area contributed by atoms with E-state index in [0.29, 0.717) is 37.7 Å². The monoisotopic (exact) mass is 536 g/mol. The van der Waals surface area contributed by atoms with Crippen molar-refractivity contribution in [1.29, 1.82) is 0 Å². The van der Waals surface area contributed by atoms with Gasteiger partial charge in [-0.1, -0.05) is 53.7 Å². The molecule has 2 rings (SSSR count). The van der Waals surface area contributed by atoms with Crippen LogP contribution in [0.15, 0.2) is 34.3 Å². The zero-order chi connectivity index (χ0) is 29.4. The van der Waals surface area contributed by atoms with Crippen LogP contribution in [-0.2, 0) is 23.9 Å². The summed E-state index contributed by atoms with van der Waals surface area (Å²) in [6, 6.07) is 8.37. The van der Waals surface area contributed by atoms with Crippen LogP contribution in [0.5, 0.6) is 11.5 Å². The average Bonchev–Trinajstić information content (AvgIpc) is 2.83. The Labute approximate surface area is 237 Å². The van der Waals surface area contributed by atoms with E-state index in [1.807, 2.05) is 13.8 Å². The highest BCUT2D eigenvalue weighted by atomic mass is 16.3. The van der Waals surface area contributed by atoms with Crippen molar-refractivity contribution in [3.63, 3.8) is 0 Å². The Morgan fingerprint density at radius 3 is 1.33 bits per heavy atom. The minimum Gasteiger partial charge on any atom is -0.507 e. The minimum absolute atomic E-state index is 0.0172. The van der Waals surface area contributed by atoms with E-state index in [0.717, 1.165) is 41.8 Å². The molecule has 0 aliphatic rings. The molecule has 39 heavy (non-hydrogen) atoms. The molecule has 0 saturated heterocycles. The molecule has 0 heterocycles. The van der Waals surface area contributed by atoms with Gasteiger partial charge in [0.05, 0.1) is 0 Å². The Kier molecular flexibility index (Phi) is 11.7. The van der Waals surface area contributed by atoms with Gasteiger partial charge in [0, 0.05) is 60.9 Å². The van der Waals surface area contributed by atoms with Crippen molar-refractivity contribution >= 4 is 12.4 Å². The third-order valence-corrected chi connectivity index (χ3v) is 6.95. The van der Waals surface area contributed by atoms with Crippen molar-refractivity contribution < 1.29 is 10.2 Å². The van der Waals surface area contributed by atoms with E-state index in [-0.39, 0.29) is 10.8 Å². The zero-order valence-corrected chi connectivity index (χ0v) is 26.1. The number of benzene rings is 2. The first-order valence-electron chi connectivity index (χ1n) is 14.3. The van der Waals surface area contributed by atoms with Crippen LogP contribution in [0.1, 0.15) is 95.2 Å². The van der Waals surface area contributed by atoms with Crippen LogP contribution in [0.2, 0.25) is 0 Å². The molecular weight excluding hydrogens is 484 g/mol. The van der Waals surface area contributed by atoms with Crippen LogP contribution < -0.4 is 0 Å². The van der Waals surface area contributed by atoms with Crippen LogP contribution >= 0.6 is 0 Å². The Balaban J connectivity index is 2.09. The van der Waals surface area contributed by atoms with Gasteiger partial charge in [-0.25, -0.2) is 0 Å². The number of nitrogens with zero attached hydrogens (tertiary/aromatic N) is 4. The molecule has 0 amide bonds. The molecule has 2 aromatic carbocycles. The first-order valence-corrected chi connectivity index (χ1v) is 14.3. The quantitative estimate of drug-likeness (QED) is 0.303. The Bertz CT molecular complexity index is 1050. The largest absolute Gasteiger partial charge is 0.507 e. The van der Waals surface area contributed by atoms with Gasteiger partial charge in [0.2, 0.25) is 0 Å². The molecule has 0 aliphatic heterocycles. The topological polar surface area (TPSA) is 71.7 Å². The lowest BCUT2D eigenvalue weighted by atomic mass is 9.84. The van der Waals surface area contributed by atoms with Gasteiger partial charge in [-0.15, -0.1) is 0 Å². The number of hydrogen-bond donors (Lipinski definition) is 2. The van der Waals surface area contributed by atoms with Gasteiger partial charge in [-0.05, 0) is 81.5 Å². The van der Waals surface area contributed by atoms with Crippen molar-refractivity contribution in [1.82, 2.24) is 9.80 Å². The number of aromatic hydroxyl groups is 2. The van der Waals surface area contributed by atoms with Gasteiger partial charge < -0.3 is 20.0 Å². The van der Waals surface area contributed by atoms with Crippen LogP contribution in [0.25, 0.3) is 0 Å². The average molecular weight is 537 g/mol. The zero-order valence-electron chi connectivity index (χ0n) is 26.1. The van der Waals surface area contributed by atoms with Crippen molar-refractivity contribution in [3.05, 3.63) is 57.6 Å². The van der Waals surface area contributed by atoms with Crippen LogP contribution in [0.4, 0.5) is 0 Å². The summed E-state index contributed by atoms with van der Waals surface area (Å²) in [6.45, 7) is 21.6. The van der Waals surface area contributed by atoms with E-state index >= 15 is 0 Å². The summed E-state index contributed by atoms with van der Waals surface area (Å²) in [5, 5.41) is 21.9. The highest BCUT2D eigenvalue weighted by Crippen LogP contribution is 2.32. The van der Waals surface area contributed by atoms with Gasteiger partial charge >= 0.3 is 0 Å². The molecule has 2 N–H and O–H groups in total. The number of phenolic OH excluding ortho intramolecular Hbond substituents is 2. The van der Waals surface area contributed by atoms with Crippen molar-refractivity contribution in [2.45, 2.75) is 85.7 Å². The molecule has 6 nitrogen and oxygen atoms in total. The van der Waals surface area contributed by atoms with E-state index in [9.17, 15) is 10.2 Å². The SMILES string of the molecule is CCN=Cc1cc(C(C)(C)C)cc(CN(C)CCCN(C)Cc2cc(C(C)(C)C)cc(C=NCC)c2O)c1O. The van der Waals surface area contributed by atoms with E-state index < -0.39 is 0 Å². The van der Waals surface area contributed by atoms with Gasteiger partial charge in [0.25, 0.3) is 0 Å². The molecule has 2 aromatic rings. The molecule has 6 heteroatoms. The molecule has 0 bridgehead atoms. The molecule has 0 aromatic heterocycles. The second-order valence-corrected chi connectivity index (χ2v) is 12.7. The first kappa shape index (κ1) is 32.5. The lowest BCUT2D eigenvalue weighted by Crippen LogP contribution is -2.26. The highest BCUT2D eigenvalue weighted by Gasteiger charge is 2.20. The summed E-state index contributed by atoms with van der Waals surface area (Å²) in [7, 11) is 4.20. The molecule has 0 spiro atoms. The molecule has 0 fully saturated rings. The van der Waals surface area contributed by atoms with Crippen molar-refractivity contribution in [2.75, 3.05) is 40.3 Å². The number of rotatable bonds is 12. The summed E-state index contributed by atoms with van der Waals surface area (Å²) >= 11 is 0. The van der Waals surface area contributed by atoms with E-state index in [4.69, 9.17) is 0 Å². The molecule has 0 atom stereocenters. The normalized spacial score (nSPS) is 13.0. The van der Waals surface area contributed by atoms with Gasteiger partial charge in [-0.3, -0.25) is 9.98 Å². The van der Waals surface area contributed by atoms with E-state index in [2.05, 4.69) is 99.7 Å². The fourth-order valence-corrected chi connectivity index (χ4v) is 4.47. The lowest BCUT2D eigenvalue weighted by Gasteiger charge is -2.25. The fraction of sp³-hybridized carbons (Fsp3) is 0.576. The molecule has 0 saturated carbocycles. The maximum absolute atomic E-state index is 11.0. The minimum atomic E-state index is -0.0172. The summed E-state index contributed by atoms with van der Waals surface area (Å²) in [5.74, 6) is 0.640. The maximum atomic E-state index is 11.0. The Morgan fingerprint density at radius 2 is 1.03 bits per heavy atom. The fourth-order valence-electron chi connectivity index (χ4n) is 4.47. The van der Waals surface area contributed by atoms with Gasteiger partial charge in [0.1, 0.15) is 11.5 Å². The summed E-state index contributed by atoms with van der Waals surface area (Å²) in [5.41, 5.74) is 5.79. The standard InChI is InChI=1S/C33H52N4O2/c1-11-34-20-24-16-28(32(3,4)5)18-26(30(24)38)22-36(9)14-13-15-37(10)23-27-19-29(33(6,7)8)17-25(31(27)39)21-35-12-2/h16-21,38-39H,11-15,22-23H2,1-10H3. The van der Waals surface area contributed by atoms with Crippen molar-refractivity contribution in [3.8, 4) is 11.5 Å². The smallest absolute Gasteiger partial charge is 0.128 e. The second kappa shape index (κ2) is 14.1. The third kappa shape index (κ3) is 9.77. The summed E-state index contributed by atoms with van der Waals surface area (Å²) < 4.78 is 0. The predicted octanol–water partition coefficient (Wildman–Crippen LogP) is 6.52. The van der Waals surface area contributed by atoms with Crippen molar-refractivity contribution in [2.24, 2.45) is 9.98 Å². The van der Waals surface area contributed by atoms with Crippen LogP contribution in [0, 0.1) is 0 Å². The predicted molar refractivity (Wildman–Crippen MR) is 167 cm³/mol. The number of aliphatic imine (C=N–C) groups is 2. The summed E-state index contributed by atoms with van der Waals surface area (Å²) in [4.78, 5) is 13.2. The van der Waals surface area contributed by atoms with Gasteiger partial charge in [0.15, 0.2) is 0 Å². The van der Waals surface area contributed by atoms with E-state index in [1.54, 1.807) is 12.4 Å². The molecule has 0 radical (unpaired) electrons. The first-order chi connectivity index (χ1) is 18.2. The molecule has 0 unspecified atom stereocenters. The number of phenols is 2. The summed E-state index contributed by atoms with van der Waals surface area (Å²) in [6.07, 6.45) is 4.54. The highest BCUT2D eigenvalue weighted by molar-refractivity contribution is 5.85. The Morgan fingerprint density at radius 1 is 0.667 bits per heavy atom. The van der Waals surface area contributed by atoms with Crippen LogP contribution in [0.3, 0.4) is 0 Å². The lowest BCUT2D eigenvalue weighted by molar-refractivity contribution is 0.266. The molecular formula is C33H52N4O2. The van der Waals surface area contributed by atoms with Crippen LogP contribution in [-0.4, -0.2) is 72.7 Å². The Hall–Kier alpha value is -2.70. The third-order valence-electron chi connectivity index (χ3n) is 6.95. The maximum Gasteiger partial charge on any atom is 0.128 e. The second-order valence-electron chi connectivity index (χ2n) is 12.7. The van der Waals surface area contributed by atoms with E-state index in [1.165, 1.54) is 11.1 Å².